The average Bonchev–Trinajstić information content (AvgIpc) is 3.34. The average molecular weight is 489 g/mol. The Morgan fingerprint density at radius 1 is 1.11 bits per heavy atom. The maximum absolute atomic E-state index is 14.3. The van der Waals surface area contributed by atoms with E-state index in [0.717, 1.165) is 29.5 Å². The van der Waals surface area contributed by atoms with Gasteiger partial charge in [-0.25, -0.2) is 14.4 Å². The third-order valence-electron chi connectivity index (χ3n) is 6.10. The molecular weight excluding hydrogens is 463 g/mol. The SMILES string of the molecule is Cc1cc2nc(N3CCC(Oc4ccc(OC(F)F)cc4F)CC3)c(N[C@H]3CCOC3)nc2cn1. The topological polar surface area (TPSA) is 81.6 Å². The normalized spacial score (nSPS) is 18.9. The van der Waals surface area contributed by atoms with E-state index >= 15 is 0 Å². The second-order valence-corrected chi connectivity index (χ2v) is 8.69. The third kappa shape index (κ3) is 5.50. The number of anilines is 2. The zero-order valence-electron chi connectivity index (χ0n) is 19.2. The van der Waals surface area contributed by atoms with Gasteiger partial charge in [0.1, 0.15) is 17.4 Å². The number of hydrogen-bond acceptors (Lipinski definition) is 8. The van der Waals surface area contributed by atoms with Crippen molar-refractivity contribution in [1.82, 2.24) is 15.0 Å². The number of fused-ring (bicyclic) bond motifs is 1. The Hall–Kier alpha value is -3.34. The Labute approximate surface area is 200 Å². The standard InChI is InChI=1S/C24H26F3N5O3/c1-14-10-19-20(12-28-14)30-22(29-15-6-9-33-13-15)23(31-19)32-7-4-16(5-8-32)34-21-3-2-17(11-18(21)25)35-24(26)27/h2-3,10-12,15-16,24H,4-9,13H2,1H3,(H,29,30)/t15-/m0/s1. The van der Waals surface area contributed by atoms with E-state index in [1.165, 1.54) is 12.1 Å². The zero-order chi connectivity index (χ0) is 24.4. The maximum atomic E-state index is 14.3. The van der Waals surface area contributed by atoms with Gasteiger partial charge < -0.3 is 24.4 Å². The molecule has 0 aliphatic carbocycles. The molecule has 4 heterocycles. The second-order valence-electron chi connectivity index (χ2n) is 8.69. The minimum atomic E-state index is -3.01. The second kappa shape index (κ2) is 10.1. The molecule has 2 aliphatic heterocycles. The van der Waals surface area contributed by atoms with Crippen LogP contribution in [-0.2, 0) is 4.74 Å². The van der Waals surface area contributed by atoms with Gasteiger partial charge in [0.2, 0.25) is 0 Å². The van der Waals surface area contributed by atoms with Gasteiger partial charge >= 0.3 is 6.61 Å². The smallest absolute Gasteiger partial charge is 0.387 e. The molecule has 2 saturated heterocycles. The van der Waals surface area contributed by atoms with Crippen molar-refractivity contribution in [2.24, 2.45) is 0 Å². The van der Waals surface area contributed by atoms with Crippen LogP contribution in [0, 0.1) is 12.7 Å². The van der Waals surface area contributed by atoms with Crippen LogP contribution in [0.3, 0.4) is 0 Å². The molecule has 0 saturated carbocycles. The highest BCUT2D eigenvalue weighted by Gasteiger charge is 2.27. The lowest BCUT2D eigenvalue weighted by Gasteiger charge is -2.34. The summed E-state index contributed by atoms with van der Waals surface area (Å²) in [6, 6.07) is 5.57. The number of aromatic nitrogens is 3. The van der Waals surface area contributed by atoms with Crippen LogP contribution >= 0.6 is 0 Å². The lowest BCUT2D eigenvalue weighted by molar-refractivity contribution is -0.0500. The van der Waals surface area contributed by atoms with Crippen molar-refractivity contribution in [2.75, 3.05) is 36.5 Å². The van der Waals surface area contributed by atoms with Crippen molar-refractivity contribution < 1.29 is 27.4 Å². The molecule has 0 bridgehead atoms. The van der Waals surface area contributed by atoms with E-state index in [1.807, 2.05) is 13.0 Å². The number of ether oxygens (including phenoxy) is 3. The molecule has 1 atom stereocenters. The number of nitrogens with zero attached hydrogens (tertiary/aromatic N) is 4. The summed E-state index contributed by atoms with van der Waals surface area (Å²) in [7, 11) is 0. The van der Waals surface area contributed by atoms with E-state index in [2.05, 4.69) is 19.9 Å². The monoisotopic (exact) mass is 489 g/mol. The Morgan fingerprint density at radius 3 is 2.66 bits per heavy atom. The van der Waals surface area contributed by atoms with Crippen molar-refractivity contribution in [1.29, 1.82) is 0 Å². The summed E-state index contributed by atoms with van der Waals surface area (Å²) in [5.41, 5.74) is 2.35. The molecule has 2 aromatic heterocycles. The highest BCUT2D eigenvalue weighted by Crippen LogP contribution is 2.31. The summed E-state index contributed by atoms with van der Waals surface area (Å²) in [6.07, 6.45) is 3.67. The minimum absolute atomic E-state index is 0.0159. The van der Waals surface area contributed by atoms with Crippen LogP contribution in [0.5, 0.6) is 11.5 Å². The lowest BCUT2D eigenvalue weighted by Crippen LogP contribution is -2.39. The molecule has 35 heavy (non-hydrogen) atoms. The molecule has 0 spiro atoms. The lowest BCUT2D eigenvalue weighted by atomic mass is 10.1. The van der Waals surface area contributed by atoms with E-state index < -0.39 is 12.4 Å². The number of pyridine rings is 1. The van der Waals surface area contributed by atoms with Crippen LogP contribution < -0.4 is 19.7 Å². The molecule has 11 heteroatoms. The number of alkyl halides is 2. The van der Waals surface area contributed by atoms with Crippen LogP contribution in [-0.4, -0.2) is 60.0 Å². The van der Waals surface area contributed by atoms with Crippen molar-refractivity contribution >= 4 is 22.7 Å². The first kappa shape index (κ1) is 23.4. The molecule has 1 N–H and O–H groups in total. The summed E-state index contributed by atoms with van der Waals surface area (Å²) in [5, 5.41) is 3.48. The molecule has 0 radical (unpaired) electrons. The fourth-order valence-corrected chi connectivity index (χ4v) is 4.33. The summed E-state index contributed by atoms with van der Waals surface area (Å²) in [4.78, 5) is 16.2. The van der Waals surface area contributed by atoms with Gasteiger partial charge in [-0.15, -0.1) is 0 Å². The van der Waals surface area contributed by atoms with Crippen LogP contribution in [0.15, 0.2) is 30.5 Å². The molecule has 0 amide bonds. The van der Waals surface area contributed by atoms with Gasteiger partial charge in [-0.1, -0.05) is 0 Å². The number of hydrogen-bond donors (Lipinski definition) is 1. The van der Waals surface area contributed by atoms with E-state index in [4.69, 9.17) is 19.4 Å². The molecule has 186 valence electrons. The molecule has 8 nitrogen and oxygen atoms in total. The zero-order valence-corrected chi connectivity index (χ0v) is 19.2. The fourth-order valence-electron chi connectivity index (χ4n) is 4.33. The van der Waals surface area contributed by atoms with Crippen molar-refractivity contribution in [3.63, 3.8) is 0 Å². The number of rotatable bonds is 7. The Kier molecular flexibility index (Phi) is 6.76. The van der Waals surface area contributed by atoms with Crippen molar-refractivity contribution in [2.45, 2.75) is 44.9 Å². The molecule has 1 aromatic carbocycles. The Morgan fingerprint density at radius 2 is 1.94 bits per heavy atom. The highest BCUT2D eigenvalue weighted by molar-refractivity contribution is 5.80. The summed E-state index contributed by atoms with van der Waals surface area (Å²) < 4.78 is 54.6. The molecule has 2 aliphatic rings. The quantitative estimate of drug-likeness (QED) is 0.526. The van der Waals surface area contributed by atoms with Gasteiger partial charge in [0, 0.05) is 44.3 Å². The summed E-state index contributed by atoms with van der Waals surface area (Å²) in [5.74, 6) is 0.488. The Bertz CT molecular complexity index is 1180. The molecule has 5 rings (SSSR count). The van der Waals surface area contributed by atoms with E-state index in [9.17, 15) is 13.2 Å². The van der Waals surface area contributed by atoms with E-state index in [0.29, 0.717) is 50.5 Å². The van der Waals surface area contributed by atoms with Crippen LogP contribution in [0.2, 0.25) is 0 Å². The Balaban J connectivity index is 1.30. The first-order valence-electron chi connectivity index (χ1n) is 11.6. The number of piperidine rings is 1. The third-order valence-corrected chi connectivity index (χ3v) is 6.10. The van der Waals surface area contributed by atoms with Crippen LogP contribution in [0.1, 0.15) is 25.0 Å². The number of nitrogens with one attached hydrogen (secondary N) is 1. The largest absolute Gasteiger partial charge is 0.487 e. The van der Waals surface area contributed by atoms with Gasteiger partial charge in [-0.05, 0) is 31.5 Å². The van der Waals surface area contributed by atoms with Crippen molar-refractivity contribution in [3.05, 3.63) is 42.0 Å². The predicted octanol–water partition coefficient (Wildman–Crippen LogP) is 4.32. The van der Waals surface area contributed by atoms with Crippen LogP contribution in [0.25, 0.3) is 11.0 Å². The highest BCUT2D eigenvalue weighted by atomic mass is 19.3. The molecule has 2 fully saturated rings. The number of aryl methyl sites for hydroxylation is 1. The van der Waals surface area contributed by atoms with Gasteiger partial charge in [-0.3, -0.25) is 4.98 Å². The summed E-state index contributed by atoms with van der Waals surface area (Å²) >= 11 is 0. The number of halogens is 3. The first-order valence-corrected chi connectivity index (χ1v) is 11.6. The molecule has 0 unspecified atom stereocenters. The van der Waals surface area contributed by atoms with E-state index in [1.54, 1.807) is 6.20 Å². The van der Waals surface area contributed by atoms with Gasteiger partial charge in [0.05, 0.1) is 24.4 Å². The molecule has 3 aromatic rings. The number of benzene rings is 1. The van der Waals surface area contributed by atoms with Crippen LogP contribution in [0.4, 0.5) is 24.8 Å². The molecular formula is C24H26F3N5O3. The van der Waals surface area contributed by atoms with Gasteiger partial charge in [-0.2, -0.15) is 8.78 Å². The first-order chi connectivity index (χ1) is 16.9. The minimum Gasteiger partial charge on any atom is -0.487 e. The van der Waals surface area contributed by atoms with E-state index in [-0.39, 0.29) is 23.6 Å². The van der Waals surface area contributed by atoms with Crippen molar-refractivity contribution in [3.8, 4) is 11.5 Å². The summed E-state index contributed by atoms with van der Waals surface area (Å²) in [6.45, 7) is 1.51. The maximum Gasteiger partial charge on any atom is 0.387 e. The van der Waals surface area contributed by atoms with Gasteiger partial charge in [0.15, 0.2) is 23.2 Å². The fraction of sp³-hybridized carbons (Fsp3) is 0.458. The van der Waals surface area contributed by atoms with Gasteiger partial charge in [0.25, 0.3) is 0 Å². The predicted molar refractivity (Wildman–Crippen MR) is 124 cm³/mol.